The van der Waals surface area contributed by atoms with Crippen molar-refractivity contribution >= 4 is 41.4 Å². The Balaban J connectivity index is 0.000000242. The predicted octanol–water partition coefficient (Wildman–Crippen LogP) is 19.6. The fourth-order valence-electron chi connectivity index (χ4n) is 14.4. The van der Waals surface area contributed by atoms with Crippen molar-refractivity contribution < 1.29 is 9.47 Å². The molecule has 0 saturated heterocycles. The molecule has 0 bridgehead atoms. The zero-order chi connectivity index (χ0) is 85.4. The second kappa shape index (κ2) is 36.7. The topological polar surface area (TPSA) is 306 Å². The Kier molecular flexibility index (Phi) is 30.8. The van der Waals surface area contributed by atoms with E-state index in [1.165, 1.54) is 61.4 Å². The molecule has 0 spiro atoms. The summed E-state index contributed by atoms with van der Waals surface area (Å²) in [6, 6.07) is 8.61. The van der Waals surface area contributed by atoms with Crippen LogP contribution in [0.15, 0.2) is 59.4 Å². The van der Waals surface area contributed by atoms with Crippen LogP contribution in [-0.2, 0) is 74.2 Å². The second-order valence-electron chi connectivity index (χ2n) is 39.0. The van der Waals surface area contributed by atoms with E-state index in [4.69, 9.17) is 48.1 Å². The number of aromatic nitrogens is 12. The van der Waals surface area contributed by atoms with Crippen LogP contribution in [0, 0.1) is 51.4 Å². The Morgan fingerprint density at radius 1 is 0.482 bits per heavy atom. The summed E-state index contributed by atoms with van der Waals surface area (Å²) in [4.78, 5) is 55.7. The number of hydrogen-bond donors (Lipinski definition) is 5. The van der Waals surface area contributed by atoms with Crippen LogP contribution in [0.3, 0.4) is 0 Å². The van der Waals surface area contributed by atoms with Crippen LogP contribution in [0.5, 0.6) is 0 Å². The number of fused-ring (bicyclic) bond motifs is 2. The summed E-state index contributed by atoms with van der Waals surface area (Å²) in [6.45, 7) is 71.9. The molecule has 6 aromatic heterocycles. The first-order valence-electron chi connectivity index (χ1n) is 39.8. The van der Waals surface area contributed by atoms with E-state index in [1.54, 1.807) is 14.2 Å². The van der Waals surface area contributed by atoms with Crippen molar-refractivity contribution in [3.63, 3.8) is 0 Å². The van der Waals surface area contributed by atoms with Crippen LogP contribution in [0.2, 0.25) is 0 Å². The molecule has 7 aromatic rings. The predicted molar refractivity (Wildman–Crippen MR) is 469 cm³/mol. The highest BCUT2D eigenvalue weighted by Crippen LogP contribution is 2.45. The van der Waals surface area contributed by atoms with Crippen LogP contribution in [0.25, 0.3) is 11.6 Å². The van der Waals surface area contributed by atoms with Crippen LogP contribution in [0.4, 0.5) is 29.7 Å². The standard InChI is InChI=1S/C20H31N3O.C17H23N3.C16H25N3.C15H23N3.C12H21N3O.C12H21N3/c1-14-17(12-15-8-10-16(24-7)11-9-15)19(20(2,3)4)22-18(21-14)13-23(5)6;1-11-6-8-13(9-7-11)10-14-12(2)19-16(18)20-15(14)17(3,4)5;1-9-10(2)16(6,7)8-11-12(9)18-14(17)19-13(11)15(3,4)5;1-9-7-11-10(8-15(9,5)6)12(14(2,3)4)18-13(16)17-11;1-7-9(8(2)16-6)10(12(3,4)5)15-11(13)14-7;1-7(2)9-8(3)14-11(13)15-10(9)12(4,5)6/h8,10-11,15H,9,12-13H2,1-7H3;6-9H,10H2,1-5H3,(H2,18,19,20);8H2,1-7H3,(H2,17,18,19);7H,8H2,1-6H3,(H2,16,17,18);8H,1-6H3,(H2,13,14,15);7H,1-6H3,(H2,13,14,15). The summed E-state index contributed by atoms with van der Waals surface area (Å²) in [5, 5.41) is 0. The summed E-state index contributed by atoms with van der Waals surface area (Å²) in [7, 11) is 7.51. The molecule has 0 fully saturated rings. The molecule has 614 valence electrons. The van der Waals surface area contributed by atoms with Gasteiger partial charge in [0.15, 0.2) is 0 Å². The van der Waals surface area contributed by atoms with Gasteiger partial charge in [0.25, 0.3) is 0 Å². The molecule has 2 atom stereocenters. The minimum absolute atomic E-state index is 0.00366. The first-order chi connectivity index (χ1) is 51.1. The van der Waals surface area contributed by atoms with E-state index >= 15 is 0 Å². The second-order valence-corrected chi connectivity index (χ2v) is 39.0. The average Bonchev–Trinajstić information content (AvgIpc) is 0.742. The van der Waals surface area contributed by atoms with Crippen LogP contribution >= 0.6 is 0 Å². The van der Waals surface area contributed by atoms with E-state index in [1.807, 2.05) is 27.7 Å². The van der Waals surface area contributed by atoms with Crippen molar-refractivity contribution in [2.75, 3.05) is 57.0 Å². The third-order valence-corrected chi connectivity index (χ3v) is 20.9. The fraction of sp³-hybridized carbons (Fsp3) is 0.587. The molecule has 2 unspecified atom stereocenters. The number of nitrogens with two attached hydrogens (primary N) is 5. The van der Waals surface area contributed by atoms with Gasteiger partial charge in [0, 0.05) is 85.5 Å². The van der Waals surface area contributed by atoms with E-state index in [-0.39, 0.29) is 49.4 Å². The maximum absolute atomic E-state index is 5.91. The number of hydrogen-bond acceptors (Lipinski definition) is 20. The lowest BCUT2D eigenvalue weighted by atomic mass is 9.70. The van der Waals surface area contributed by atoms with Gasteiger partial charge in [0.2, 0.25) is 29.7 Å². The molecule has 0 aliphatic heterocycles. The summed E-state index contributed by atoms with van der Waals surface area (Å²) < 4.78 is 10.7. The molecular weight excluding hydrogens is 1390 g/mol. The number of ether oxygens (including phenoxy) is 2. The van der Waals surface area contributed by atoms with Crippen molar-refractivity contribution in [1.82, 2.24) is 64.7 Å². The van der Waals surface area contributed by atoms with Gasteiger partial charge >= 0.3 is 0 Å². The van der Waals surface area contributed by atoms with Gasteiger partial charge in [0.1, 0.15) is 11.6 Å². The molecule has 10 N–H and O–H groups in total. The molecule has 20 nitrogen and oxygen atoms in total. The smallest absolute Gasteiger partial charge is 0.220 e. The van der Waals surface area contributed by atoms with Crippen LogP contribution in [0.1, 0.15) is 331 Å². The van der Waals surface area contributed by atoms with Gasteiger partial charge in [-0.3, -0.25) is 0 Å². The van der Waals surface area contributed by atoms with Gasteiger partial charge in [0.05, 0.1) is 65.3 Å². The average molecular weight is 1530 g/mol. The molecule has 0 radical (unpaired) electrons. The molecular formula is C92H144N18O2. The number of anilines is 5. The number of nitrogen functional groups attached to an aromatic ring is 5. The normalized spacial score (nSPS) is 15.6. The van der Waals surface area contributed by atoms with Crippen LogP contribution < -0.4 is 28.7 Å². The first-order valence-corrected chi connectivity index (χ1v) is 39.8. The van der Waals surface area contributed by atoms with Gasteiger partial charge < -0.3 is 43.0 Å². The lowest BCUT2D eigenvalue weighted by Gasteiger charge is -2.36. The van der Waals surface area contributed by atoms with Crippen LogP contribution in [-0.4, -0.2) is 93.0 Å². The molecule has 6 heterocycles. The quantitative estimate of drug-likeness (QED) is 0.0849. The highest BCUT2D eigenvalue weighted by atomic mass is 16.5. The summed E-state index contributed by atoms with van der Waals surface area (Å²) in [5.74, 6) is 4.60. The third kappa shape index (κ3) is 25.2. The Labute approximate surface area is 675 Å². The largest absolute Gasteiger partial charge is 0.497 e. The van der Waals surface area contributed by atoms with E-state index < -0.39 is 0 Å². The summed E-state index contributed by atoms with van der Waals surface area (Å²) >= 11 is 0. The molecule has 3 aliphatic carbocycles. The Bertz CT molecular complexity index is 4550. The maximum Gasteiger partial charge on any atom is 0.220 e. The highest BCUT2D eigenvalue weighted by Gasteiger charge is 2.37. The van der Waals surface area contributed by atoms with Gasteiger partial charge in [-0.25, -0.2) is 59.8 Å². The number of rotatable bonds is 10. The first kappa shape index (κ1) is 94.0. The van der Waals surface area contributed by atoms with Gasteiger partial charge in [-0.1, -0.05) is 213 Å². The molecule has 0 amide bonds. The van der Waals surface area contributed by atoms with E-state index in [2.05, 4.69) is 318 Å². The third-order valence-electron chi connectivity index (χ3n) is 20.9. The van der Waals surface area contributed by atoms with E-state index in [0.29, 0.717) is 41.6 Å². The molecule has 10 rings (SSSR count). The van der Waals surface area contributed by atoms with Gasteiger partial charge in [-0.15, -0.1) is 0 Å². The SMILES string of the molecule is CC1=C(C)C(C)(C)Cc2c1nc(N)nc2C(C)(C)C.CC1=Cc2nc(N)nc(C(C)(C)C)c2CC1(C)C.COC(C)c1c(C)nc(N)nc1C(C)(C)C.COC1=CCC(Cc2c(C)nc(CN(C)C)nc2C(C)(C)C)C=C1.Cc1ccc(Cc2c(C)nc(N)nc2C(C)(C)C)cc1.Cc1nc(N)nc(C(C)(C)C)c1C(C)C. The molecule has 112 heavy (non-hydrogen) atoms. The maximum atomic E-state index is 5.91. The van der Waals surface area contributed by atoms with Crippen molar-refractivity contribution in [2.45, 2.75) is 312 Å². The Morgan fingerprint density at radius 2 is 0.902 bits per heavy atom. The van der Waals surface area contributed by atoms with E-state index in [0.717, 1.165) is 118 Å². The molecule has 20 heteroatoms. The van der Waals surface area contributed by atoms with Gasteiger partial charge in [-0.05, 0) is 171 Å². The highest BCUT2D eigenvalue weighted by molar-refractivity contribution is 5.72. The number of allylic oxidation sites excluding steroid dienone is 6. The zero-order valence-corrected chi connectivity index (χ0v) is 76.1. The van der Waals surface area contributed by atoms with E-state index in [9.17, 15) is 0 Å². The molecule has 3 aliphatic rings. The molecule has 1 aromatic carbocycles. The summed E-state index contributed by atoms with van der Waals surface area (Å²) in [5.41, 5.74) is 55.6. The lowest BCUT2D eigenvalue weighted by molar-refractivity contribution is 0.116. The van der Waals surface area contributed by atoms with Crippen molar-refractivity contribution in [3.05, 3.63) is 178 Å². The minimum Gasteiger partial charge on any atom is -0.497 e. The Morgan fingerprint density at radius 3 is 1.36 bits per heavy atom. The number of methoxy groups -OCH3 is 2. The lowest BCUT2D eigenvalue weighted by Crippen LogP contribution is -2.28. The molecule has 0 saturated carbocycles. The zero-order valence-electron chi connectivity index (χ0n) is 76.1. The fourth-order valence-corrected chi connectivity index (χ4v) is 14.4. The van der Waals surface area contributed by atoms with Crippen molar-refractivity contribution in [2.24, 2.45) is 16.7 Å². The Hall–Kier alpha value is -8.62. The number of aryl methyl sites for hydroxylation is 5. The monoisotopic (exact) mass is 1530 g/mol. The number of nitrogens with zero attached hydrogens (tertiary/aromatic N) is 13. The van der Waals surface area contributed by atoms with Crippen molar-refractivity contribution in [3.8, 4) is 0 Å². The van der Waals surface area contributed by atoms with Crippen molar-refractivity contribution in [1.29, 1.82) is 0 Å². The minimum atomic E-state index is -0.0655. The summed E-state index contributed by atoms with van der Waals surface area (Å²) in [6.07, 6.45) is 13.4. The number of benzene rings is 1. The van der Waals surface area contributed by atoms with Gasteiger partial charge in [-0.2, -0.15) is 0 Å².